The van der Waals surface area contributed by atoms with E-state index in [9.17, 15) is 10.1 Å². The average molecular weight is 240 g/mol. The van der Waals surface area contributed by atoms with Gasteiger partial charge >= 0.3 is 5.69 Å². The van der Waals surface area contributed by atoms with Crippen molar-refractivity contribution in [2.45, 2.75) is 6.42 Å². The Balaban J connectivity index is 2.73. The van der Waals surface area contributed by atoms with Crippen molar-refractivity contribution in [1.82, 2.24) is 5.32 Å². The fraction of sp³-hybridized carbons (Fsp3) is 0.455. The molecule has 1 N–H and O–H groups in total. The Bertz CT molecular complexity index is 382. The molecule has 0 aliphatic carbocycles. The Kier molecular flexibility index (Phi) is 5.22. The number of nitro groups is 1. The normalized spacial score (nSPS) is 10.0. The topological polar surface area (TPSA) is 73.6 Å². The molecule has 1 aromatic rings. The lowest BCUT2D eigenvalue weighted by Gasteiger charge is -2.07. The van der Waals surface area contributed by atoms with Crippen LogP contribution >= 0.6 is 0 Å². The minimum atomic E-state index is -0.476. The maximum Gasteiger partial charge on any atom is 0.314 e. The van der Waals surface area contributed by atoms with E-state index in [2.05, 4.69) is 5.32 Å². The molecule has 0 bridgehead atoms. The summed E-state index contributed by atoms with van der Waals surface area (Å²) in [6.07, 6.45) is 0.791. The quantitative estimate of drug-likeness (QED) is 0.445. The predicted molar refractivity (Wildman–Crippen MR) is 63.7 cm³/mol. The maximum atomic E-state index is 10.8. The smallest absolute Gasteiger partial charge is 0.314 e. The van der Waals surface area contributed by atoms with Gasteiger partial charge in [-0.25, -0.2) is 0 Å². The Morgan fingerprint density at radius 1 is 1.47 bits per heavy atom. The first-order chi connectivity index (χ1) is 8.19. The lowest BCUT2D eigenvalue weighted by Crippen LogP contribution is -2.11. The van der Waals surface area contributed by atoms with E-state index in [4.69, 9.17) is 9.47 Å². The van der Waals surface area contributed by atoms with Gasteiger partial charge in [0.1, 0.15) is 5.75 Å². The number of hydrogen-bond acceptors (Lipinski definition) is 5. The van der Waals surface area contributed by atoms with Gasteiger partial charge in [0.15, 0.2) is 5.75 Å². The van der Waals surface area contributed by atoms with Crippen molar-refractivity contribution in [2.75, 3.05) is 27.3 Å². The molecule has 0 saturated carbocycles. The van der Waals surface area contributed by atoms with Crippen molar-refractivity contribution in [1.29, 1.82) is 0 Å². The van der Waals surface area contributed by atoms with Gasteiger partial charge < -0.3 is 14.8 Å². The third kappa shape index (κ3) is 3.92. The summed E-state index contributed by atoms with van der Waals surface area (Å²) in [6, 6.07) is 4.55. The van der Waals surface area contributed by atoms with Crippen LogP contribution in [-0.2, 0) is 0 Å². The molecule has 17 heavy (non-hydrogen) atoms. The molecule has 0 atom stereocenters. The van der Waals surface area contributed by atoms with Gasteiger partial charge in [-0.3, -0.25) is 10.1 Å². The average Bonchev–Trinajstić information content (AvgIpc) is 2.34. The molecule has 0 heterocycles. The second kappa shape index (κ2) is 6.70. The van der Waals surface area contributed by atoms with Gasteiger partial charge in [-0.1, -0.05) is 0 Å². The molecular formula is C11H16N2O4. The third-order valence-electron chi connectivity index (χ3n) is 2.19. The number of ether oxygens (including phenoxy) is 2. The molecule has 0 aliphatic heterocycles. The molecule has 0 spiro atoms. The highest BCUT2D eigenvalue weighted by molar-refractivity contribution is 5.50. The lowest BCUT2D eigenvalue weighted by molar-refractivity contribution is -0.385. The van der Waals surface area contributed by atoms with Crippen molar-refractivity contribution in [3.63, 3.8) is 0 Å². The molecule has 0 saturated heterocycles. The summed E-state index contributed by atoms with van der Waals surface area (Å²) in [5.74, 6) is 0.714. The largest absolute Gasteiger partial charge is 0.496 e. The van der Waals surface area contributed by atoms with E-state index in [1.165, 1.54) is 13.2 Å². The molecule has 0 fully saturated rings. The number of rotatable bonds is 7. The van der Waals surface area contributed by atoms with Crippen LogP contribution in [0.15, 0.2) is 18.2 Å². The first kappa shape index (κ1) is 13.2. The van der Waals surface area contributed by atoms with Gasteiger partial charge in [0.05, 0.1) is 24.7 Å². The number of hydrogen-bond donors (Lipinski definition) is 1. The number of methoxy groups -OCH3 is 1. The summed E-state index contributed by atoms with van der Waals surface area (Å²) in [5, 5.41) is 13.8. The predicted octanol–water partition coefficient (Wildman–Crippen LogP) is 1.59. The lowest BCUT2D eigenvalue weighted by atomic mass is 10.3. The van der Waals surface area contributed by atoms with Gasteiger partial charge in [0, 0.05) is 0 Å². The second-order valence-corrected chi connectivity index (χ2v) is 3.40. The van der Waals surface area contributed by atoms with E-state index < -0.39 is 4.92 Å². The molecule has 1 aromatic carbocycles. The molecule has 6 heteroatoms. The Hall–Kier alpha value is -1.82. The van der Waals surface area contributed by atoms with Crippen LogP contribution in [0.4, 0.5) is 5.69 Å². The van der Waals surface area contributed by atoms with Crippen molar-refractivity contribution < 1.29 is 14.4 Å². The first-order valence-corrected chi connectivity index (χ1v) is 5.29. The summed E-state index contributed by atoms with van der Waals surface area (Å²) >= 11 is 0. The first-order valence-electron chi connectivity index (χ1n) is 5.29. The fourth-order valence-corrected chi connectivity index (χ4v) is 1.32. The zero-order valence-electron chi connectivity index (χ0n) is 9.93. The highest BCUT2D eigenvalue weighted by atomic mass is 16.6. The van der Waals surface area contributed by atoms with Crippen LogP contribution in [0.25, 0.3) is 0 Å². The Morgan fingerprint density at radius 3 is 2.82 bits per heavy atom. The van der Waals surface area contributed by atoms with Gasteiger partial charge in [-0.2, -0.15) is 0 Å². The summed E-state index contributed by atoms with van der Waals surface area (Å²) in [6.45, 7) is 1.25. The van der Waals surface area contributed by atoms with Gasteiger partial charge in [-0.15, -0.1) is 0 Å². The molecule has 0 aromatic heterocycles. The molecule has 1 rings (SSSR count). The summed E-state index contributed by atoms with van der Waals surface area (Å²) in [4.78, 5) is 10.4. The van der Waals surface area contributed by atoms with E-state index in [1.807, 2.05) is 7.05 Å². The van der Waals surface area contributed by atoms with Crippen LogP contribution in [0.3, 0.4) is 0 Å². The number of benzene rings is 1. The maximum absolute atomic E-state index is 10.8. The number of nitro benzene ring substituents is 1. The Labute approximate surface area is 99.7 Å². The highest BCUT2D eigenvalue weighted by Crippen LogP contribution is 2.30. The zero-order chi connectivity index (χ0) is 12.7. The van der Waals surface area contributed by atoms with E-state index in [-0.39, 0.29) is 11.4 Å². The molecule has 0 unspecified atom stereocenters. The van der Waals surface area contributed by atoms with Crippen molar-refractivity contribution in [3.8, 4) is 11.5 Å². The number of nitrogens with one attached hydrogen (secondary N) is 1. The van der Waals surface area contributed by atoms with Crippen LogP contribution in [-0.4, -0.2) is 32.2 Å². The summed E-state index contributed by atoms with van der Waals surface area (Å²) in [5.41, 5.74) is -0.0752. The van der Waals surface area contributed by atoms with Crippen LogP contribution in [0.1, 0.15) is 6.42 Å². The third-order valence-corrected chi connectivity index (χ3v) is 2.19. The van der Waals surface area contributed by atoms with E-state index in [0.717, 1.165) is 13.0 Å². The molecule has 0 aliphatic rings. The minimum Gasteiger partial charge on any atom is -0.496 e. The summed E-state index contributed by atoms with van der Waals surface area (Å²) < 4.78 is 10.3. The van der Waals surface area contributed by atoms with E-state index in [0.29, 0.717) is 12.4 Å². The SMILES string of the molecule is CNCCCOc1ccc(OC)cc1[N+](=O)[O-]. The van der Waals surface area contributed by atoms with Gasteiger partial charge in [-0.05, 0) is 32.1 Å². The van der Waals surface area contributed by atoms with Crippen molar-refractivity contribution in [3.05, 3.63) is 28.3 Å². The fourth-order valence-electron chi connectivity index (χ4n) is 1.32. The van der Waals surface area contributed by atoms with Crippen LogP contribution in [0, 0.1) is 10.1 Å². The van der Waals surface area contributed by atoms with E-state index in [1.54, 1.807) is 12.1 Å². The van der Waals surface area contributed by atoms with Crippen LogP contribution < -0.4 is 14.8 Å². The van der Waals surface area contributed by atoms with Crippen molar-refractivity contribution in [2.24, 2.45) is 0 Å². The van der Waals surface area contributed by atoms with Crippen LogP contribution in [0.2, 0.25) is 0 Å². The molecule has 0 radical (unpaired) electrons. The van der Waals surface area contributed by atoms with Gasteiger partial charge in [0.2, 0.25) is 0 Å². The number of nitrogens with zero attached hydrogens (tertiary/aromatic N) is 1. The van der Waals surface area contributed by atoms with Crippen molar-refractivity contribution >= 4 is 5.69 Å². The molecule has 6 nitrogen and oxygen atoms in total. The Morgan fingerprint density at radius 2 is 2.24 bits per heavy atom. The van der Waals surface area contributed by atoms with Gasteiger partial charge in [0.25, 0.3) is 0 Å². The monoisotopic (exact) mass is 240 g/mol. The minimum absolute atomic E-state index is 0.0752. The summed E-state index contributed by atoms with van der Waals surface area (Å²) in [7, 11) is 3.31. The molecule has 94 valence electrons. The van der Waals surface area contributed by atoms with E-state index >= 15 is 0 Å². The van der Waals surface area contributed by atoms with Crippen LogP contribution in [0.5, 0.6) is 11.5 Å². The second-order valence-electron chi connectivity index (χ2n) is 3.40. The highest BCUT2D eigenvalue weighted by Gasteiger charge is 2.16. The molecular weight excluding hydrogens is 224 g/mol. The molecule has 0 amide bonds. The standard InChI is InChI=1S/C11H16N2O4/c1-12-6-3-7-17-11-5-4-9(16-2)8-10(11)13(14)15/h4-5,8,12H,3,6-7H2,1-2H3. The zero-order valence-corrected chi connectivity index (χ0v) is 9.93.